The fraction of sp³-hybridized carbons (Fsp3) is 0.370. The van der Waals surface area contributed by atoms with E-state index in [1.165, 1.54) is 19.3 Å². The Hall–Kier alpha value is -3.85. The van der Waals surface area contributed by atoms with Gasteiger partial charge < -0.3 is 25.2 Å². The summed E-state index contributed by atoms with van der Waals surface area (Å²) >= 11 is 0. The van der Waals surface area contributed by atoms with Crippen molar-refractivity contribution in [3.05, 3.63) is 59.8 Å². The van der Waals surface area contributed by atoms with Crippen LogP contribution in [0.15, 0.2) is 54.2 Å². The molecule has 3 aliphatic heterocycles. The molecule has 3 heterocycles. The summed E-state index contributed by atoms with van der Waals surface area (Å²) in [7, 11) is 0. The smallest absolute Gasteiger partial charge is 0.329 e. The molecule has 3 saturated heterocycles. The van der Waals surface area contributed by atoms with Crippen molar-refractivity contribution in [1.82, 2.24) is 10.2 Å². The lowest BCUT2D eigenvalue weighted by molar-refractivity contribution is -0.127. The summed E-state index contributed by atoms with van der Waals surface area (Å²) in [6.45, 7) is 4.82. The summed E-state index contributed by atoms with van der Waals surface area (Å²) in [4.78, 5) is 43.3. The number of rotatable bonds is 6. The van der Waals surface area contributed by atoms with Gasteiger partial charge in [0, 0.05) is 43.2 Å². The molecule has 0 aromatic heterocycles. The van der Waals surface area contributed by atoms with Crippen LogP contribution in [-0.2, 0) is 14.3 Å². The molecule has 2 aromatic carbocycles. The van der Waals surface area contributed by atoms with Gasteiger partial charge in [-0.15, -0.1) is 0 Å². The van der Waals surface area contributed by atoms with Crippen LogP contribution in [0, 0.1) is 0 Å². The van der Waals surface area contributed by atoms with Gasteiger partial charge in [-0.25, -0.2) is 9.69 Å². The van der Waals surface area contributed by atoms with Crippen LogP contribution >= 0.6 is 0 Å². The minimum atomic E-state index is -0.603. The van der Waals surface area contributed by atoms with Crippen molar-refractivity contribution in [2.75, 3.05) is 61.1 Å². The molecule has 3 aliphatic rings. The van der Waals surface area contributed by atoms with Gasteiger partial charge in [-0.3, -0.25) is 9.59 Å². The van der Waals surface area contributed by atoms with E-state index in [4.69, 9.17) is 4.74 Å². The highest BCUT2D eigenvalue weighted by Gasteiger charge is 2.35. The number of benzene rings is 2. The Labute approximate surface area is 210 Å². The first-order valence-electron chi connectivity index (χ1n) is 12.5. The normalized spacial score (nSPS) is 19.6. The minimum absolute atomic E-state index is 0.161. The number of hydrogen-bond acceptors (Lipinski definition) is 6. The summed E-state index contributed by atoms with van der Waals surface area (Å²) in [5, 5.41) is 5.35. The van der Waals surface area contributed by atoms with Gasteiger partial charge >= 0.3 is 6.03 Å². The molecule has 188 valence electrons. The zero-order chi connectivity index (χ0) is 24.9. The summed E-state index contributed by atoms with van der Waals surface area (Å²) in [5.41, 5.74) is 3.80. The molecule has 0 aliphatic carbocycles. The number of piperidine rings is 1. The van der Waals surface area contributed by atoms with E-state index >= 15 is 0 Å². The van der Waals surface area contributed by atoms with Crippen LogP contribution in [0.5, 0.6) is 0 Å². The Morgan fingerprint density at radius 2 is 1.47 bits per heavy atom. The van der Waals surface area contributed by atoms with Gasteiger partial charge in [0.15, 0.2) is 0 Å². The summed E-state index contributed by atoms with van der Waals surface area (Å²) < 4.78 is 5.38. The molecule has 3 fully saturated rings. The number of carbonyl (C=O) groups is 3. The number of morpholine rings is 1. The van der Waals surface area contributed by atoms with Crippen molar-refractivity contribution in [2.24, 2.45) is 0 Å². The van der Waals surface area contributed by atoms with Gasteiger partial charge in [0.25, 0.3) is 5.91 Å². The molecule has 2 N–H and O–H groups in total. The van der Waals surface area contributed by atoms with Gasteiger partial charge in [0.1, 0.15) is 12.2 Å². The number of anilines is 3. The van der Waals surface area contributed by atoms with Gasteiger partial charge in [-0.2, -0.15) is 0 Å². The number of ether oxygens (including phenoxy) is 1. The summed E-state index contributed by atoms with van der Waals surface area (Å²) in [6, 6.07) is 14.8. The SMILES string of the molecule is O=C(CN1C(=O)N/C(=C\c2ccc(N3CCCCC3)cc2)C1=O)Nc1ccc(N2CCOCC2)cc1. The maximum atomic E-state index is 12.8. The highest BCUT2D eigenvalue weighted by atomic mass is 16.5. The first-order chi connectivity index (χ1) is 17.6. The maximum absolute atomic E-state index is 12.8. The van der Waals surface area contributed by atoms with E-state index in [-0.39, 0.29) is 12.2 Å². The Bertz CT molecular complexity index is 1130. The minimum Gasteiger partial charge on any atom is -0.378 e. The van der Waals surface area contributed by atoms with Crippen LogP contribution in [-0.4, -0.2) is 68.7 Å². The van der Waals surface area contributed by atoms with Gasteiger partial charge in [-0.05, 0) is 67.3 Å². The molecule has 0 saturated carbocycles. The molecule has 9 nitrogen and oxygen atoms in total. The molecule has 36 heavy (non-hydrogen) atoms. The number of hydrogen-bond donors (Lipinski definition) is 2. The maximum Gasteiger partial charge on any atom is 0.329 e. The van der Waals surface area contributed by atoms with Crippen LogP contribution in [0.4, 0.5) is 21.9 Å². The highest BCUT2D eigenvalue weighted by Crippen LogP contribution is 2.22. The van der Waals surface area contributed by atoms with E-state index in [0.29, 0.717) is 18.9 Å². The Kier molecular flexibility index (Phi) is 7.18. The average molecular weight is 490 g/mol. The van der Waals surface area contributed by atoms with Crippen LogP contribution in [0.25, 0.3) is 6.08 Å². The zero-order valence-corrected chi connectivity index (χ0v) is 20.2. The van der Waals surface area contributed by atoms with E-state index in [1.807, 2.05) is 48.5 Å². The molecule has 0 bridgehead atoms. The van der Waals surface area contributed by atoms with Crippen LogP contribution < -0.4 is 20.4 Å². The average Bonchev–Trinajstić information content (AvgIpc) is 3.17. The molecular formula is C27H31N5O4. The van der Waals surface area contributed by atoms with E-state index in [0.717, 1.165) is 48.0 Å². The van der Waals surface area contributed by atoms with E-state index in [2.05, 4.69) is 20.4 Å². The standard InChI is InChI=1S/C27H31N5O4/c33-25(28-21-6-10-23(11-7-21)31-14-16-36-17-15-31)19-32-26(34)24(29-27(32)35)18-20-4-8-22(9-5-20)30-12-2-1-3-13-30/h4-11,18H,1-3,12-17,19H2,(H,28,33)(H,29,35)/b24-18-. The second kappa shape index (κ2) is 10.8. The topological polar surface area (TPSA) is 94.2 Å². The first-order valence-corrected chi connectivity index (χ1v) is 12.5. The summed E-state index contributed by atoms with van der Waals surface area (Å²) in [6.07, 6.45) is 5.33. The second-order valence-corrected chi connectivity index (χ2v) is 9.21. The van der Waals surface area contributed by atoms with E-state index in [1.54, 1.807) is 6.08 Å². The van der Waals surface area contributed by atoms with Crippen molar-refractivity contribution in [3.8, 4) is 0 Å². The fourth-order valence-electron chi connectivity index (χ4n) is 4.74. The van der Waals surface area contributed by atoms with Crippen LogP contribution in [0.3, 0.4) is 0 Å². The molecule has 0 atom stereocenters. The molecule has 2 aromatic rings. The molecular weight excluding hydrogens is 458 g/mol. The van der Waals surface area contributed by atoms with E-state index in [9.17, 15) is 14.4 Å². The fourth-order valence-corrected chi connectivity index (χ4v) is 4.74. The van der Waals surface area contributed by atoms with Crippen molar-refractivity contribution in [3.63, 3.8) is 0 Å². The Balaban J connectivity index is 1.17. The van der Waals surface area contributed by atoms with Crippen molar-refractivity contribution in [2.45, 2.75) is 19.3 Å². The molecule has 0 radical (unpaired) electrons. The van der Waals surface area contributed by atoms with Gasteiger partial charge in [0.05, 0.1) is 13.2 Å². The third-order valence-electron chi connectivity index (χ3n) is 6.72. The number of carbonyl (C=O) groups excluding carboxylic acids is 3. The number of amides is 4. The predicted octanol–water partition coefficient (Wildman–Crippen LogP) is 3.04. The molecule has 0 unspecified atom stereocenters. The van der Waals surface area contributed by atoms with Crippen molar-refractivity contribution < 1.29 is 19.1 Å². The lowest BCUT2D eigenvalue weighted by Crippen LogP contribution is -2.38. The number of urea groups is 1. The number of nitrogens with zero attached hydrogens (tertiary/aromatic N) is 3. The highest BCUT2D eigenvalue weighted by molar-refractivity contribution is 6.15. The molecule has 5 rings (SSSR count). The third kappa shape index (κ3) is 5.52. The quantitative estimate of drug-likeness (QED) is 0.479. The Morgan fingerprint density at radius 1 is 0.861 bits per heavy atom. The Morgan fingerprint density at radius 3 is 2.14 bits per heavy atom. The van der Waals surface area contributed by atoms with Gasteiger partial charge in [-0.1, -0.05) is 12.1 Å². The largest absolute Gasteiger partial charge is 0.378 e. The second-order valence-electron chi connectivity index (χ2n) is 9.21. The third-order valence-corrected chi connectivity index (χ3v) is 6.72. The summed E-state index contributed by atoms with van der Waals surface area (Å²) in [5.74, 6) is -0.956. The monoisotopic (exact) mass is 489 g/mol. The van der Waals surface area contributed by atoms with Gasteiger partial charge in [0.2, 0.25) is 5.91 Å². The lowest BCUT2D eigenvalue weighted by atomic mass is 10.1. The zero-order valence-electron chi connectivity index (χ0n) is 20.2. The molecule has 4 amide bonds. The van der Waals surface area contributed by atoms with Crippen molar-refractivity contribution in [1.29, 1.82) is 0 Å². The van der Waals surface area contributed by atoms with Crippen LogP contribution in [0.2, 0.25) is 0 Å². The molecule has 9 heteroatoms. The number of nitrogens with one attached hydrogen (secondary N) is 2. The first kappa shape index (κ1) is 23.9. The van der Waals surface area contributed by atoms with E-state index < -0.39 is 17.8 Å². The van der Waals surface area contributed by atoms with Crippen molar-refractivity contribution >= 4 is 41.0 Å². The lowest BCUT2D eigenvalue weighted by Gasteiger charge is -2.28. The number of imide groups is 1. The predicted molar refractivity (Wildman–Crippen MR) is 139 cm³/mol. The van der Waals surface area contributed by atoms with Crippen LogP contribution in [0.1, 0.15) is 24.8 Å². The molecule has 0 spiro atoms.